The molecule has 0 aliphatic carbocycles. The van der Waals surface area contributed by atoms with Gasteiger partial charge in [-0.3, -0.25) is 0 Å². The topological polar surface area (TPSA) is 64.3 Å². The summed E-state index contributed by atoms with van der Waals surface area (Å²) < 4.78 is 5.68. The Morgan fingerprint density at radius 1 is 1.35 bits per heavy atom. The predicted molar refractivity (Wildman–Crippen MR) is 83.3 cm³/mol. The highest BCUT2D eigenvalue weighted by Crippen LogP contribution is 2.21. The van der Waals surface area contributed by atoms with E-state index in [1.54, 1.807) is 0 Å². The zero-order valence-electron chi connectivity index (χ0n) is 13.6. The minimum atomic E-state index is 0.0299. The van der Waals surface area contributed by atoms with Gasteiger partial charge in [-0.15, -0.1) is 0 Å². The van der Waals surface area contributed by atoms with Crippen LogP contribution in [0, 0.1) is 12.3 Å². The Kier molecular flexibility index (Phi) is 5.74. The Morgan fingerprint density at radius 2 is 2.00 bits per heavy atom. The van der Waals surface area contributed by atoms with Crippen LogP contribution in [-0.4, -0.2) is 35.7 Å². The van der Waals surface area contributed by atoms with Gasteiger partial charge in [-0.1, -0.05) is 13.8 Å². The number of hydrogen-bond acceptors (Lipinski definition) is 5. The van der Waals surface area contributed by atoms with Crippen molar-refractivity contribution in [2.75, 3.05) is 24.5 Å². The molecule has 0 bridgehead atoms. The van der Waals surface area contributed by atoms with Gasteiger partial charge in [0.1, 0.15) is 0 Å². The van der Waals surface area contributed by atoms with Gasteiger partial charge in [-0.25, -0.2) is 4.98 Å². The van der Waals surface area contributed by atoms with Crippen molar-refractivity contribution >= 4 is 5.95 Å². The number of hydrogen-bond donors (Lipinski definition) is 1. The number of nitrogens with two attached hydrogens (primary N) is 1. The lowest BCUT2D eigenvalue weighted by Gasteiger charge is -2.31. The maximum Gasteiger partial charge on any atom is 0.228 e. The lowest BCUT2D eigenvalue weighted by molar-refractivity contribution is 0.232. The van der Waals surface area contributed by atoms with Crippen molar-refractivity contribution in [1.29, 1.82) is 0 Å². The predicted octanol–water partition coefficient (Wildman–Crippen LogP) is 2.38. The van der Waals surface area contributed by atoms with Gasteiger partial charge in [-0.05, 0) is 39.7 Å². The van der Waals surface area contributed by atoms with Crippen LogP contribution in [0.25, 0.3) is 0 Å². The molecule has 0 aliphatic heterocycles. The number of aromatic nitrogens is 2. The van der Waals surface area contributed by atoms with Gasteiger partial charge in [0.05, 0.1) is 6.10 Å². The van der Waals surface area contributed by atoms with Gasteiger partial charge >= 0.3 is 0 Å². The Balaban J connectivity index is 3.00. The summed E-state index contributed by atoms with van der Waals surface area (Å²) in [6.07, 6.45) is 0.104. The van der Waals surface area contributed by atoms with Crippen LogP contribution < -0.4 is 15.4 Å². The van der Waals surface area contributed by atoms with Crippen molar-refractivity contribution in [1.82, 2.24) is 9.97 Å². The first-order chi connectivity index (χ1) is 9.27. The van der Waals surface area contributed by atoms with Crippen LogP contribution in [0.15, 0.2) is 6.07 Å². The van der Waals surface area contributed by atoms with E-state index >= 15 is 0 Å². The summed E-state index contributed by atoms with van der Waals surface area (Å²) in [7, 11) is 0. The molecular formula is C15H28N4O. The van der Waals surface area contributed by atoms with E-state index in [4.69, 9.17) is 10.5 Å². The molecule has 1 heterocycles. The van der Waals surface area contributed by atoms with Crippen molar-refractivity contribution in [2.24, 2.45) is 11.1 Å². The van der Waals surface area contributed by atoms with E-state index in [2.05, 4.69) is 35.6 Å². The van der Waals surface area contributed by atoms with Crippen LogP contribution in [0.1, 0.15) is 40.3 Å². The van der Waals surface area contributed by atoms with Gasteiger partial charge < -0.3 is 15.4 Å². The van der Waals surface area contributed by atoms with Gasteiger partial charge in [0.15, 0.2) is 0 Å². The third-order valence-corrected chi connectivity index (χ3v) is 3.01. The SMILES string of the molecule is CCN(CC(C)(C)CN)c1nc(C)cc(OC(C)C)n1. The Hall–Kier alpha value is -1.36. The van der Waals surface area contributed by atoms with Gasteiger partial charge in [0.25, 0.3) is 0 Å². The lowest BCUT2D eigenvalue weighted by Crippen LogP contribution is -2.39. The molecule has 114 valence electrons. The van der Waals surface area contributed by atoms with Crippen molar-refractivity contribution < 1.29 is 4.74 Å². The summed E-state index contributed by atoms with van der Waals surface area (Å²) in [5.74, 6) is 1.34. The first kappa shape index (κ1) is 16.7. The van der Waals surface area contributed by atoms with Gasteiger partial charge in [0.2, 0.25) is 11.8 Å². The molecule has 0 unspecified atom stereocenters. The van der Waals surface area contributed by atoms with Crippen LogP contribution in [0.3, 0.4) is 0 Å². The highest BCUT2D eigenvalue weighted by Gasteiger charge is 2.21. The standard InChI is InChI=1S/C15H28N4O/c1-7-19(10-15(5,6)9-16)14-17-12(4)8-13(18-14)20-11(2)3/h8,11H,7,9-10,16H2,1-6H3. The molecule has 2 N–H and O–H groups in total. The van der Waals surface area contributed by atoms with E-state index in [9.17, 15) is 0 Å². The van der Waals surface area contributed by atoms with Gasteiger partial charge in [-0.2, -0.15) is 4.98 Å². The van der Waals surface area contributed by atoms with Crippen LogP contribution >= 0.6 is 0 Å². The molecule has 0 spiro atoms. The molecule has 5 heteroatoms. The van der Waals surface area contributed by atoms with Gasteiger partial charge in [0, 0.05) is 24.8 Å². The van der Waals surface area contributed by atoms with Crippen LogP contribution in [0.5, 0.6) is 5.88 Å². The molecule has 0 fully saturated rings. The first-order valence-corrected chi connectivity index (χ1v) is 7.24. The molecule has 0 saturated carbocycles. The van der Waals surface area contributed by atoms with Crippen molar-refractivity contribution in [3.63, 3.8) is 0 Å². The van der Waals surface area contributed by atoms with E-state index in [0.717, 1.165) is 18.8 Å². The van der Waals surface area contributed by atoms with E-state index in [-0.39, 0.29) is 11.5 Å². The Bertz CT molecular complexity index is 432. The van der Waals surface area contributed by atoms with Crippen molar-refractivity contribution in [2.45, 2.75) is 47.6 Å². The van der Waals surface area contributed by atoms with E-state index < -0.39 is 0 Å². The molecule has 0 saturated heterocycles. The van der Waals surface area contributed by atoms with Crippen LogP contribution in [-0.2, 0) is 0 Å². The molecule has 0 amide bonds. The fourth-order valence-electron chi connectivity index (χ4n) is 1.87. The Morgan fingerprint density at radius 3 is 2.50 bits per heavy atom. The largest absolute Gasteiger partial charge is 0.475 e. The van der Waals surface area contributed by atoms with Crippen molar-refractivity contribution in [3.8, 4) is 5.88 Å². The number of aryl methyl sites for hydroxylation is 1. The fourth-order valence-corrected chi connectivity index (χ4v) is 1.87. The zero-order valence-corrected chi connectivity index (χ0v) is 13.6. The smallest absolute Gasteiger partial charge is 0.228 e. The second kappa shape index (κ2) is 6.88. The summed E-state index contributed by atoms with van der Waals surface area (Å²) in [6, 6.07) is 1.87. The maximum absolute atomic E-state index is 5.82. The minimum absolute atomic E-state index is 0.0299. The second-order valence-corrected chi connectivity index (χ2v) is 6.20. The summed E-state index contributed by atoms with van der Waals surface area (Å²) in [5.41, 5.74) is 6.76. The molecule has 5 nitrogen and oxygen atoms in total. The van der Waals surface area contributed by atoms with E-state index in [1.165, 1.54) is 0 Å². The number of nitrogens with zero attached hydrogens (tertiary/aromatic N) is 3. The van der Waals surface area contributed by atoms with Crippen LogP contribution in [0.4, 0.5) is 5.95 Å². The highest BCUT2D eigenvalue weighted by atomic mass is 16.5. The average molecular weight is 280 g/mol. The van der Waals surface area contributed by atoms with E-state index in [0.29, 0.717) is 18.4 Å². The molecule has 1 rings (SSSR count). The highest BCUT2D eigenvalue weighted by molar-refractivity contribution is 5.34. The number of ether oxygens (including phenoxy) is 1. The monoisotopic (exact) mass is 280 g/mol. The third-order valence-electron chi connectivity index (χ3n) is 3.01. The fraction of sp³-hybridized carbons (Fsp3) is 0.733. The average Bonchev–Trinajstić information content (AvgIpc) is 2.34. The lowest BCUT2D eigenvalue weighted by atomic mass is 9.93. The summed E-state index contributed by atoms with van der Waals surface area (Å²) in [4.78, 5) is 11.2. The van der Waals surface area contributed by atoms with E-state index in [1.807, 2.05) is 26.8 Å². The molecule has 0 atom stereocenters. The Labute approximate surface area is 122 Å². The maximum atomic E-state index is 5.82. The molecule has 0 radical (unpaired) electrons. The normalized spacial score (nSPS) is 11.8. The summed E-state index contributed by atoms with van der Waals surface area (Å²) in [5, 5.41) is 0. The minimum Gasteiger partial charge on any atom is -0.475 e. The number of anilines is 1. The van der Waals surface area contributed by atoms with Crippen LogP contribution in [0.2, 0.25) is 0 Å². The summed E-state index contributed by atoms with van der Waals surface area (Å²) >= 11 is 0. The molecule has 0 aromatic carbocycles. The molecule has 20 heavy (non-hydrogen) atoms. The molecule has 1 aromatic rings. The first-order valence-electron chi connectivity index (χ1n) is 7.24. The molecule has 1 aromatic heterocycles. The molecule has 0 aliphatic rings. The van der Waals surface area contributed by atoms with Crippen molar-refractivity contribution in [3.05, 3.63) is 11.8 Å². The third kappa shape index (κ3) is 4.96. The number of rotatable bonds is 7. The zero-order chi connectivity index (χ0) is 15.3. The second-order valence-electron chi connectivity index (χ2n) is 6.20. The molecular weight excluding hydrogens is 252 g/mol. The quantitative estimate of drug-likeness (QED) is 0.830. The summed E-state index contributed by atoms with van der Waals surface area (Å²) in [6.45, 7) is 14.6.